The van der Waals surface area contributed by atoms with Crippen LogP contribution in [0.15, 0.2) is 73.2 Å². The number of carbonyl (C=O) groups is 2. The lowest BCUT2D eigenvalue weighted by molar-refractivity contribution is 0.0948. The Kier molecular flexibility index (Phi) is 5.52. The normalized spacial score (nSPS) is 10.7. The number of carbonyl (C=O) groups excluding carboxylic acids is 2. The van der Waals surface area contributed by atoms with Gasteiger partial charge in [0.05, 0.1) is 5.52 Å². The van der Waals surface area contributed by atoms with Crippen molar-refractivity contribution in [3.8, 4) is 0 Å². The van der Waals surface area contributed by atoms with E-state index in [1.807, 2.05) is 49.4 Å². The summed E-state index contributed by atoms with van der Waals surface area (Å²) in [7, 11) is 0. The van der Waals surface area contributed by atoms with Gasteiger partial charge in [-0.25, -0.2) is 4.98 Å². The molecule has 2 N–H and O–H groups in total. The lowest BCUT2D eigenvalue weighted by atomic mass is 10.1. The summed E-state index contributed by atoms with van der Waals surface area (Å²) < 4.78 is 1.63. The fourth-order valence-corrected chi connectivity index (χ4v) is 3.26. The van der Waals surface area contributed by atoms with E-state index in [4.69, 9.17) is 0 Å². The summed E-state index contributed by atoms with van der Waals surface area (Å²) in [5.41, 5.74) is 3.47. The molecule has 0 bridgehead atoms. The van der Waals surface area contributed by atoms with Crippen molar-refractivity contribution < 1.29 is 9.59 Å². The molecule has 4 aromatic rings. The van der Waals surface area contributed by atoms with Crippen molar-refractivity contribution in [2.45, 2.75) is 19.9 Å². The summed E-state index contributed by atoms with van der Waals surface area (Å²) >= 11 is 0. The molecule has 0 atom stereocenters. The van der Waals surface area contributed by atoms with Crippen LogP contribution in [0.4, 0.5) is 5.69 Å². The molecule has 7 nitrogen and oxygen atoms in total. The van der Waals surface area contributed by atoms with Crippen LogP contribution in [0.3, 0.4) is 0 Å². The molecule has 4 rings (SSSR count). The van der Waals surface area contributed by atoms with Gasteiger partial charge in [0.1, 0.15) is 0 Å². The Hall–Kier alpha value is -4.00. The predicted molar refractivity (Wildman–Crippen MR) is 114 cm³/mol. The quantitative estimate of drug-likeness (QED) is 0.520. The first-order valence-electron chi connectivity index (χ1n) is 9.71. The maximum Gasteiger partial charge on any atom is 0.292 e. The number of hydrogen-bond acceptors (Lipinski definition) is 4. The first-order valence-corrected chi connectivity index (χ1v) is 9.71. The van der Waals surface area contributed by atoms with Gasteiger partial charge in [0, 0.05) is 30.8 Å². The highest BCUT2D eigenvalue weighted by atomic mass is 16.2. The largest absolute Gasteiger partial charge is 0.347 e. The van der Waals surface area contributed by atoms with Gasteiger partial charge in [-0.15, -0.1) is 0 Å². The molecule has 0 unspecified atom stereocenters. The zero-order valence-electron chi connectivity index (χ0n) is 16.5. The molecule has 0 spiro atoms. The topological polar surface area (TPSA) is 88.4 Å². The highest BCUT2D eigenvalue weighted by molar-refractivity contribution is 6.06. The minimum absolute atomic E-state index is 0.158. The first kappa shape index (κ1) is 19.3. The van der Waals surface area contributed by atoms with Gasteiger partial charge in [-0.1, -0.05) is 31.2 Å². The maximum absolute atomic E-state index is 13.0. The number of imidazole rings is 1. The fourth-order valence-electron chi connectivity index (χ4n) is 3.26. The van der Waals surface area contributed by atoms with E-state index in [-0.39, 0.29) is 23.3 Å². The van der Waals surface area contributed by atoms with Crippen LogP contribution in [0, 0.1) is 0 Å². The molecule has 3 aromatic heterocycles. The van der Waals surface area contributed by atoms with Crippen LogP contribution in [0.25, 0.3) is 5.52 Å². The Labute approximate surface area is 173 Å². The monoisotopic (exact) mass is 399 g/mol. The second kappa shape index (κ2) is 8.57. The molecule has 150 valence electrons. The van der Waals surface area contributed by atoms with Crippen molar-refractivity contribution in [3.05, 3.63) is 95.8 Å². The van der Waals surface area contributed by atoms with Crippen LogP contribution in [0.2, 0.25) is 0 Å². The Balaban J connectivity index is 1.62. The molecule has 2 amide bonds. The number of fused-ring (bicyclic) bond motifs is 1. The molecule has 0 saturated heterocycles. The summed E-state index contributed by atoms with van der Waals surface area (Å²) in [6.45, 7) is 2.37. The number of nitrogens with zero attached hydrogens (tertiary/aromatic N) is 3. The molecular weight excluding hydrogens is 378 g/mol. The van der Waals surface area contributed by atoms with E-state index in [2.05, 4.69) is 20.6 Å². The third-order valence-electron chi connectivity index (χ3n) is 4.82. The molecule has 0 saturated carbocycles. The second-order valence-electron chi connectivity index (χ2n) is 6.74. The molecule has 30 heavy (non-hydrogen) atoms. The van der Waals surface area contributed by atoms with Crippen LogP contribution in [-0.2, 0) is 13.0 Å². The van der Waals surface area contributed by atoms with Crippen LogP contribution < -0.4 is 10.6 Å². The summed E-state index contributed by atoms with van der Waals surface area (Å²) in [5.74, 6) is -0.556. The third-order valence-corrected chi connectivity index (χ3v) is 4.82. The van der Waals surface area contributed by atoms with E-state index < -0.39 is 0 Å². The van der Waals surface area contributed by atoms with Crippen molar-refractivity contribution in [1.82, 2.24) is 19.7 Å². The van der Waals surface area contributed by atoms with Crippen LogP contribution in [-0.4, -0.2) is 26.2 Å². The van der Waals surface area contributed by atoms with Gasteiger partial charge in [0.25, 0.3) is 11.8 Å². The number of hydrogen-bond donors (Lipinski definition) is 2. The van der Waals surface area contributed by atoms with Gasteiger partial charge in [-0.2, -0.15) is 0 Å². The summed E-state index contributed by atoms with van der Waals surface area (Å²) in [6, 6.07) is 16.7. The second-order valence-corrected chi connectivity index (χ2v) is 6.74. The van der Waals surface area contributed by atoms with Gasteiger partial charge in [0.15, 0.2) is 5.69 Å². The number of nitrogens with one attached hydrogen (secondary N) is 2. The van der Waals surface area contributed by atoms with E-state index in [1.54, 1.807) is 35.1 Å². The molecule has 0 aliphatic rings. The van der Waals surface area contributed by atoms with Crippen molar-refractivity contribution in [3.63, 3.8) is 0 Å². The molecule has 0 aliphatic heterocycles. The van der Waals surface area contributed by atoms with E-state index in [1.165, 1.54) is 0 Å². The van der Waals surface area contributed by atoms with Gasteiger partial charge in [-0.3, -0.25) is 19.0 Å². The number of anilines is 1. The molecule has 3 heterocycles. The minimum Gasteiger partial charge on any atom is -0.347 e. The highest BCUT2D eigenvalue weighted by Gasteiger charge is 2.21. The molecule has 7 heteroatoms. The average molecular weight is 399 g/mol. The van der Waals surface area contributed by atoms with Gasteiger partial charge in [0.2, 0.25) is 5.82 Å². The number of rotatable bonds is 6. The summed E-state index contributed by atoms with van der Waals surface area (Å²) in [5, 5.41) is 5.77. The first-order chi connectivity index (χ1) is 14.7. The van der Waals surface area contributed by atoms with Crippen molar-refractivity contribution in [1.29, 1.82) is 0 Å². The Morgan fingerprint density at radius 2 is 1.73 bits per heavy atom. The number of aromatic nitrogens is 3. The third kappa shape index (κ3) is 3.91. The smallest absolute Gasteiger partial charge is 0.292 e. The van der Waals surface area contributed by atoms with E-state index in [0.29, 0.717) is 12.1 Å². The lowest BCUT2D eigenvalue weighted by Crippen LogP contribution is -2.23. The Bertz CT molecular complexity index is 1200. The zero-order valence-corrected chi connectivity index (χ0v) is 16.5. The molecular formula is C23H21N5O2. The maximum atomic E-state index is 13.0. The van der Waals surface area contributed by atoms with E-state index in [0.717, 1.165) is 23.2 Å². The number of aryl methyl sites for hydroxylation is 1. The molecule has 1 aromatic carbocycles. The number of amides is 2. The summed E-state index contributed by atoms with van der Waals surface area (Å²) in [6.07, 6.45) is 5.86. The van der Waals surface area contributed by atoms with Crippen LogP contribution >= 0.6 is 0 Å². The number of para-hydroxylation sites is 1. The number of benzene rings is 1. The SMILES string of the molecule is CCc1ccccc1NC(=O)c1nc(C(=O)NCc2ccncc2)c2ccccn12. The van der Waals surface area contributed by atoms with E-state index in [9.17, 15) is 9.59 Å². The van der Waals surface area contributed by atoms with Crippen molar-refractivity contribution >= 4 is 23.0 Å². The fraction of sp³-hybridized carbons (Fsp3) is 0.130. The molecule has 0 radical (unpaired) electrons. The number of pyridine rings is 2. The lowest BCUT2D eigenvalue weighted by Gasteiger charge is -2.08. The predicted octanol–water partition coefficient (Wildman–Crippen LogP) is 3.47. The van der Waals surface area contributed by atoms with Crippen LogP contribution in [0.5, 0.6) is 0 Å². The van der Waals surface area contributed by atoms with Gasteiger partial charge in [-0.05, 0) is 47.9 Å². The van der Waals surface area contributed by atoms with E-state index >= 15 is 0 Å². The standard InChI is InChI=1S/C23H21N5O2/c1-2-17-7-3-4-8-18(17)26-23(30)21-27-20(19-9-5-6-14-28(19)21)22(29)25-15-16-10-12-24-13-11-16/h3-14H,2,15H2,1H3,(H,25,29)(H,26,30). The zero-order chi connectivity index (χ0) is 20.9. The Morgan fingerprint density at radius 1 is 0.967 bits per heavy atom. The molecule has 0 aliphatic carbocycles. The minimum atomic E-state index is -0.370. The molecule has 0 fully saturated rings. The average Bonchev–Trinajstić information content (AvgIpc) is 3.18. The van der Waals surface area contributed by atoms with Crippen molar-refractivity contribution in [2.75, 3.05) is 5.32 Å². The summed E-state index contributed by atoms with van der Waals surface area (Å²) in [4.78, 5) is 34.1. The van der Waals surface area contributed by atoms with Crippen LogP contribution in [0.1, 0.15) is 39.2 Å². The van der Waals surface area contributed by atoms with Gasteiger partial charge < -0.3 is 10.6 Å². The Morgan fingerprint density at radius 3 is 2.53 bits per heavy atom. The highest BCUT2D eigenvalue weighted by Crippen LogP contribution is 2.18. The van der Waals surface area contributed by atoms with Crippen molar-refractivity contribution in [2.24, 2.45) is 0 Å². The van der Waals surface area contributed by atoms with Gasteiger partial charge >= 0.3 is 0 Å².